The molecule has 0 radical (unpaired) electrons. The monoisotopic (exact) mass is 338 g/mol. The van der Waals surface area contributed by atoms with Gasteiger partial charge in [-0.25, -0.2) is 0 Å². The Kier molecular flexibility index (Phi) is 5.66. The summed E-state index contributed by atoms with van der Waals surface area (Å²) < 4.78 is 28.6. The third kappa shape index (κ3) is 4.44. The summed E-state index contributed by atoms with van der Waals surface area (Å²) in [5.41, 5.74) is 0.959. The molecule has 1 N–H and O–H groups in total. The lowest BCUT2D eigenvalue weighted by Gasteiger charge is -2.21. The minimum Gasteiger partial charge on any atom is -0.435 e. The van der Waals surface area contributed by atoms with Gasteiger partial charge in [-0.3, -0.25) is 4.79 Å². The van der Waals surface area contributed by atoms with Crippen LogP contribution in [0.25, 0.3) is 0 Å². The molecular formula is C18H24F2N2O2. The molecule has 24 heavy (non-hydrogen) atoms. The van der Waals surface area contributed by atoms with Crippen molar-refractivity contribution in [3.8, 4) is 5.75 Å². The van der Waals surface area contributed by atoms with E-state index in [-0.39, 0.29) is 11.7 Å². The number of nitrogens with zero attached hydrogens (tertiary/aromatic N) is 1. The molecule has 2 atom stereocenters. The molecule has 3 rings (SSSR count). The van der Waals surface area contributed by atoms with Crippen molar-refractivity contribution in [2.75, 3.05) is 26.2 Å². The number of ether oxygens (including phenoxy) is 1. The van der Waals surface area contributed by atoms with Gasteiger partial charge in [-0.2, -0.15) is 8.78 Å². The Morgan fingerprint density at radius 3 is 2.38 bits per heavy atom. The van der Waals surface area contributed by atoms with Crippen LogP contribution in [0.1, 0.15) is 24.8 Å². The molecule has 0 spiro atoms. The van der Waals surface area contributed by atoms with Crippen LogP contribution in [0, 0.1) is 11.8 Å². The zero-order valence-electron chi connectivity index (χ0n) is 13.7. The van der Waals surface area contributed by atoms with Crippen LogP contribution in [0.15, 0.2) is 24.3 Å². The summed E-state index contributed by atoms with van der Waals surface area (Å²) in [5.74, 6) is 1.76. The fraction of sp³-hybridized carbons (Fsp3) is 0.611. The lowest BCUT2D eigenvalue weighted by molar-refractivity contribution is -0.131. The number of carbonyl (C=O) groups excluding carboxylic acids is 1. The highest BCUT2D eigenvalue weighted by atomic mass is 19.3. The van der Waals surface area contributed by atoms with E-state index in [1.54, 1.807) is 12.1 Å². The Morgan fingerprint density at radius 1 is 1.17 bits per heavy atom. The topological polar surface area (TPSA) is 41.6 Å². The number of benzene rings is 1. The predicted octanol–water partition coefficient (Wildman–Crippen LogP) is 2.68. The van der Waals surface area contributed by atoms with Crippen molar-refractivity contribution < 1.29 is 18.3 Å². The van der Waals surface area contributed by atoms with Crippen molar-refractivity contribution in [2.45, 2.75) is 32.3 Å². The van der Waals surface area contributed by atoms with Crippen LogP contribution in [-0.2, 0) is 11.2 Å². The van der Waals surface area contributed by atoms with Crippen LogP contribution in [0.3, 0.4) is 0 Å². The number of aryl methyl sites for hydroxylation is 1. The van der Waals surface area contributed by atoms with E-state index in [0.29, 0.717) is 24.7 Å². The van der Waals surface area contributed by atoms with Gasteiger partial charge in [-0.1, -0.05) is 12.1 Å². The summed E-state index contributed by atoms with van der Waals surface area (Å²) in [6.07, 6.45) is 3.26. The lowest BCUT2D eigenvalue weighted by atomic mass is 9.92. The average Bonchev–Trinajstić information content (AvgIpc) is 2.92. The summed E-state index contributed by atoms with van der Waals surface area (Å²) in [5, 5.41) is 3.44. The third-order valence-electron chi connectivity index (χ3n) is 5.15. The van der Waals surface area contributed by atoms with E-state index in [4.69, 9.17) is 0 Å². The first-order valence-corrected chi connectivity index (χ1v) is 8.64. The van der Waals surface area contributed by atoms with E-state index < -0.39 is 6.61 Å². The second-order valence-electron chi connectivity index (χ2n) is 6.66. The molecule has 0 aliphatic carbocycles. The number of fused-ring (bicyclic) bond motifs is 1. The van der Waals surface area contributed by atoms with Crippen LogP contribution < -0.4 is 10.1 Å². The van der Waals surface area contributed by atoms with Gasteiger partial charge in [-0.15, -0.1) is 0 Å². The van der Waals surface area contributed by atoms with Crippen LogP contribution in [0.5, 0.6) is 5.75 Å². The minimum atomic E-state index is -2.81. The fourth-order valence-electron chi connectivity index (χ4n) is 3.71. The first-order chi connectivity index (χ1) is 11.6. The SMILES string of the molecule is O=C(CCc1ccc(OC(F)F)cc1)N1CC[C@@H]2CNC[C@@H]2CC1. The van der Waals surface area contributed by atoms with Crippen molar-refractivity contribution >= 4 is 5.91 Å². The van der Waals surface area contributed by atoms with Crippen molar-refractivity contribution in [3.63, 3.8) is 0 Å². The molecule has 2 aliphatic rings. The standard InChI is InChI=1S/C18H24F2N2O2/c19-18(20)24-16-4-1-13(2-5-16)3-6-17(23)22-9-7-14-11-21-12-15(14)8-10-22/h1-2,4-5,14-15,18,21H,3,6-12H2/t14-,15+. The van der Waals surface area contributed by atoms with Crippen molar-refractivity contribution in [1.29, 1.82) is 0 Å². The highest BCUT2D eigenvalue weighted by Gasteiger charge is 2.31. The first-order valence-electron chi connectivity index (χ1n) is 8.64. The normalized spacial score (nSPS) is 23.9. The number of nitrogens with one attached hydrogen (secondary N) is 1. The first kappa shape index (κ1) is 17.1. The minimum absolute atomic E-state index is 0.146. The molecule has 2 fully saturated rings. The molecule has 2 heterocycles. The zero-order valence-corrected chi connectivity index (χ0v) is 13.7. The smallest absolute Gasteiger partial charge is 0.387 e. The van der Waals surface area contributed by atoms with Crippen LogP contribution >= 0.6 is 0 Å². The molecule has 2 saturated heterocycles. The molecule has 2 aliphatic heterocycles. The number of hydrogen-bond donors (Lipinski definition) is 1. The van der Waals surface area contributed by atoms with Gasteiger partial charge >= 0.3 is 6.61 Å². The highest BCUT2D eigenvalue weighted by Crippen LogP contribution is 2.27. The van der Waals surface area contributed by atoms with E-state index in [1.165, 1.54) is 12.1 Å². The van der Waals surface area contributed by atoms with E-state index in [0.717, 1.165) is 44.6 Å². The number of rotatable bonds is 5. The molecule has 0 aromatic heterocycles. The summed E-state index contributed by atoms with van der Waals surface area (Å²) in [6, 6.07) is 6.52. The van der Waals surface area contributed by atoms with Gasteiger partial charge in [0.1, 0.15) is 5.75 Å². The maximum Gasteiger partial charge on any atom is 0.387 e. The number of halogens is 2. The number of hydrogen-bond acceptors (Lipinski definition) is 3. The van der Waals surface area contributed by atoms with E-state index in [2.05, 4.69) is 10.1 Å². The van der Waals surface area contributed by atoms with Crippen molar-refractivity contribution in [3.05, 3.63) is 29.8 Å². The summed E-state index contributed by atoms with van der Waals surface area (Å²) in [4.78, 5) is 14.4. The zero-order chi connectivity index (χ0) is 16.9. The molecule has 0 saturated carbocycles. The Morgan fingerprint density at radius 2 is 1.79 bits per heavy atom. The van der Waals surface area contributed by atoms with Crippen molar-refractivity contribution in [2.24, 2.45) is 11.8 Å². The second kappa shape index (κ2) is 7.92. The van der Waals surface area contributed by atoms with Gasteiger partial charge in [0.15, 0.2) is 0 Å². The number of likely N-dealkylation sites (tertiary alicyclic amines) is 1. The Balaban J connectivity index is 1.46. The number of carbonyl (C=O) groups is 1. The van der Waals surface area contributed by atoms with Gasteiger partial charge < -0.3 is 15.0 Å². The molecule has 0 unspecified atom stereocenters. The van der Waals surface area contributed by atoms with Gasteiger partial charge in [0.2, 0.25) is 5.91 Å². The average molecular weight is 338 g/mol. The molecule has 0 bridgehead atoms. The fourth-order valence-corrected chi connectivity index (χ4v) is 3.71. The Hall–Kier alpha value is -1.69. The molecule has 132 valence electrons. The van der Waals surface area contributed by atoms with Crippen LogP contribution in [0.4, 0.5) is 8.78 Å². The Bertz CT molecular complexity index is 536. The van der Waals surface area contributed by atoms with Crippen molar-refractivity contribution in [1.82, 2.24) is 10.2 Å². The highest BCUT2D eigenvalue weighted by molar-refractivity contribution is 5.76. The van der Waals surface area contributed by atoms with Gasteiger partial charge in [0.05, 0.1) is 0 Å². The molecule has 1 aromatic rings. The maximum absolute atomic E-state index is 12.4. The molecule has 4 nitrogen and oxygen atoms in total. The largest absolute Gasteiger partial charge is 0.435 e. The van der Waals surface area contributed by atoms with Crippen LogP contribution in [0.2, 0.25) is 0 Å². The molecule has 1 amide bonds. The Labute approximate surface area is 141 Å². The number of alkyl halides is 2. The van der Waals surface area contributed by atoms with E-state index >= 15 is 0 Å². The number of amides is 1. The third-order valence-corrected chi connectivity index (χ3v) is 5.15. The summed E-state index contributed by atoms with van der Waals surface area (Å²) in [6.45, 7) is 1.06. The van der Waals surface area contributed by atoms with E-state index in [1.807, 2.05) is 4.90 Å². The summed E-state index contributed by atoms with van der Waals surface area (Å²) >= 11 is 0. The second-order valence-corrected chi connectivity index (χ2v) is 6.66. The van der Waals surface area contributed by atoms with Crippen LogP contribution in [-0.4, -0.2) is 43.6 Å². The quantitative estimate of drug-likeness (QED) is 0.897. The predicted molar refractivity (Wildman–Crippen MR) is 87.1 cm³/mol. The summed E-state index contributed by atoms with van der Waals surface area (Å²) in [7, 11) is 0. The lowest BCUT2D eigenvalue weighted by Crippen LogP contribution is -2.32. The molecular weight excluding hydrogens is 314 g/mol. The maximum atomic E-state index is 12.4. The van der Waals surface area contributed by atoms with Gasteiger partial charge in [-0.05, 0) is 61.9 Å². The van der Waals surface area contributed by atoms with Gasteiger partial charge in [0, 0.05) is 19.5 Å². The molecule has 6 heteroatoms. The van der Waals surface area contributed by atoms with Gasteiger partial charge in [0.25, 0.3) is 0 Å². The van der Waals surface area contributed by atoms with E-state index in [9.17, 15) is 13.6 Å². The molecule has 1 aromatic carbocycles.